The Morgan fingerprint density at radius 1 is 1.29 bits per heavy atom. The van der Waals surface area contributed by atoms with Crippen molar-refractivity contribution in [3.63, 3.8) is 0 Å². The topological polar surface area (TPSA) is 64.6 Å². The zero-order valence-electron chi connectivity index (χ0n) is 12.6. The number of ether oxygens (including phenoxy) is 2. The average molecular weight is 314 g/mol. The Morgan fingerprint density at radius 3 is 2.38 bits per heavy atom. The standard InChI is InChI=1S/C15H20ClNO4/c1-5-17-13(18)10(2)20-14(19)15(3,4)21-12-8-6-11(16)7-9-12/h6-10H,5H2,1-4H3,(H,17,18)/t10-/m1/s1. The number of carbonyl (C=O) groups excluding carboxylic acids is 2. The molecule has 0 saturated carbocycles. The van der Waals surface area contributed by atoms with Gasteiger partial charge in [-0.15, -0.1) is 0 Å². The van der Waals surface area contributed by atoms with Gasteiger partial charge in [-0.05, 0) is 52.0 Å². The molecule has 21 heavy (non-hydrogen) atoms. The fraction of sp³-hybridized carbons (Fsp3) is 0.467. The van der Waals surface area contributed by atoms with E-state index >= 15 is 0 Å². The molecule has 1 rings (SSSR count). The molecule has 5 nitrogen and oxygen atoms in total. The lowest BCUT2D eigenvalue weighted by atomic mass is 10.1. The zero-order valence-corrected chi connectivity index (χ0v) is 13.4. The van der Waals surface area contributed by atoms with E-state index in [2.05, 4.69) is 5.32 Å². The highest BCUT2D eigenvalue weighted by molar-refractivity contribution is 6.30. The second-order valence-corrected chi connectivity index (χ2v) is 5.44. The lowest BCUT2D eigenvalue weighted by Gasteiger charge is -2.26. The molecule has 0 saturated heterocycles. The van der Waals surface area contributed by atoms with Gasteiger partial charge in [0.2, 0.25) is 0 Å². The van der Waals surface area contributed by atoms with Crippen molar-refractivity contribution >= 4 is 23.5 Å². The minimum absolute atomic E-state index is 0.340. The number of halogens is 1. The van der Waals surface area contributed by atoms with E-state index in [1.807, 2.05) is 0 Å². The summed E-state index contributed by atoms with van der Waals surface area (Å²) in [6.45, 7) is 6.94. The van der Waals surface area contributed by atoms with Crippen molar-refractivity contribution in [1.29, 1.82) is 0 Å². The minimum atomic E-state index is -1.21. The van der Waals surface area contributed by atoms with Crippen molar-refractivity contribution in [2.45, 2.75) is 39.4 Å². The van der Waals surface area contributed by atoms with E-state index < -0.39 is 17.7 Å². The summed E-state index contributed by atoms with van der Waals surface area (Å²) in [4.78, 5) is 23.7. The maximum atomic E-state index is 12.1. The molecule has 0 radical (unpaired) electrons. The average Bonchev–Trinajstić information content (AvgIpc) is 2.41. The first-order valence-corrected chi connectivity index (χ1v) is 7.07. The van der Waals surface area contributed by atoms with Crippen LogP contribution >= 0.6 is 11.6 Å². The third-order valence-corrected chi connectivity index (χ3v) is 2.93. The highest BCUT2D eigenvalue weighted by atomic mass is 35.5. The molecule has 0 aromatic heterocycles. The van der Waals surface area contributed by atoms with Gasteiger partial charge in [0.15, 0.2) is 11.7 Å². The summed E-state index contributed by atoms with van der Waals surface area (Å²) in [5.74, 6) is -0.462. The normalized spacial score (nSPS) is 12.4. The molecule has 1 amide bonds. The van der Waals surface area contributed by atoms with E-state index in [0.29, 0.717) is 17.3 Å². The number of nitrogens with one attached hydrogen (secondary N) is 1. The summed E-state index contributed by atoms with van der Waals surface area (Å²) in [6, 6.07) is 6.64. The predicted molar refractivity (Wildman–Crippen MR) is 80.4 cm³/mol. The lowest BCUT2D eigenvalue weighted by molar-refractivity contribution is -0.167. The number of rotatable bonds is 6. The molecule has 1 aromatic carbocycles. The van der Waals surface area contributed by atoms with E-state index in [-0.39, 0.29) is 5.91 Å². The summed E-state index contributed by atoms with van der Waals surface area (Å²) in [5.41, 5.74) is -1.21. The van der Waals surface area contributed by atoms with Gasteiger partial charge in [-0.3, -0.25) is 4.79 Å². The van der Waals surface area contributed by atoms with Gasteiger partial charge in [-0.2, -0.15) is 0 Å². The van der Waals surface area contributed by atoms with Crippen LogP contribution < -0.4 is 10.1 Å². The second-order valence-electron chi connectivity index (χ2n) is 5.01. The van der Waals surface area contributed by atoms with Crippen molar-refractivity contribution in [3.05, 3.63) is 29.3 Å². The summed E-state index contributed by atoms with van der Waals surface area (Å²) < 4.78 is 10.7. The number of carbonyl (C=O) groups is 2. The molecule has 0 fully saturated rings. The quantitative estimate of drug-likeness (QED) is 0.820. The lowest BCUT2D eigenvalue weighted by Crippen LogP contribution is -2.44. The third-order valence-electron chi connectivity index (χ3n) is 2.68. The van der Waals surface area contributed by atoms with Crippen molar-refractivity contribution in [3.8, 4) is 5.75 Å². The molecule has 6 heteroatoms. The van der Waals surface area contributed by atoms with Gasteiger partial charge in [-0.1, -0.05) is 11.6 Å². The Bertz CT molecular complexity index is 499. The highest BCUT2D eigenvalue weighted by Gasteiger charge is 2.34. The second kappa shape index (κ2) is 7.31. The van der Waals surface area contributed by atoms with Gasteiger partial charge >= 0.3 is 5.97 Å². The van der Waals surface area contributed by atoms with E-state index in [9.17, 15) is 9.59 Å². The number of hydrogen-bond acceptors (Lipinski definition) is 4. The molecule has 116 valence electrons. The molecule has 1 aromatic rings. The number of amides is 1. The molecule has 0 aliphatic rings. The number of hydrogen-bond donors (Lipinski definition) is 1. The van der Waals surface area contributed by atoms with Crippen LogP contribution in [-0.4, -0.2) is 30.1 Å². The van der Waals surface area contributed by atoms with Crippen molar-refractivity contribution in [2.24, 2.45) is 0 Å². The van der Waals surface area contributed by atoms with Crippen LogP contribution in [0.4, 0.5) is 0 Å². The third kappa shape index (κ3) is 5.27. The van der Waals surface area contributed by atoms with Gasteiger partial charge in [0.1, 0.15) is 5.75 Å². The maximum Gasteiger partial charge on any atom is 0.350 e. The van der Waals surface area contributed by atoms with E-state index in [0.717, 1.165) is 0 Å². The molecule has 0 aliphatic carbocycles. The Kier molecular flexibility index (Phi) is 6.03. The van der Waals surface area contributed by atoms with Gasteiger partial charge in [0.05, 0.1) is 0 Å². The zero-order chi connectivity index (χ0) is 16.0. The number of likely N-dealkylation sites (N-methyl/N-ethyl adjacent to an activating group) is 1. The molecule has 0 unspecified atom stereocenters. The maximum absolute atomic E-state index is 12.1. The fourth-order valence-corrected chi connectivity index (χ4v) is 1.64. The molecule has 1 N–H and O–H groups in total. The Balaban J connectivity index is 2.66. The van der Waals surface area contributed by atoms with Crippen LogP contribution in [0.15, 0.2) is 24.3 Å². The van der Waals surface area contributed by atoms with Crippen molar-refractivity contribution < 1.29 is 19.1 Å². The first-order chi connectivity index (χ1) is 9.76. The van der Waals surface area contributed by atoms with Crippen LogP contribution in [0.3, 0.4) is 0 Å². The Morgan fingerprint density at radius 2 is 1.86 bits per heavy atom. The Hall–Kier alpha value is -1.75. The van der Waals surface area contributed by atoms with Gasteiger partial charge in [-0.25, -0.2) is 4.79 Å². The minimum Gasteiger partial charge on any atom is -0.476 e. The monoisotopic (exact) mass is 313 g/mol. The highest BCUT2D eigenvalue weighted by Crippen LogP contribution is 2.22. The van der Waals surface area contributed by atoms with E-state index in [4.69, 9.17) is 21.1 Å². The van der Waals surface area contributed by atoms with Gasteiger partial charge in [0, 0.05) is 11.6 Å². The first kappa shape index (κ1) is 17.3. The molecule has 1 atom stereocenters. The molecule has 0 heterocycles. The van der Waals surface area contributed by atoms with Gasteiger partial charge in [0.25, 0.3) is 5.91 Å². The summed E-state index contributed by atoms with van der Waals surface area (Å²) in [7, 11) is 0. The van der Waals surface area contributed by atoms with Crippen molar-refractivity contribution in [1.82, 2.24) is 5.32 Å². The number of esters is 1. The smallest absolute Gasteiger partial charge is 0.350 e. The van der Waals surface area contributed by atoms with Crippen molar-refractivity contribution in [2.75, 3.05) is 6.54 Å². The van der Waals surface area contributed by atoms with E-state index in [1.165, 1.54) is 6.92 Å². The molecule has 0 bridgehead atoms. The van der Waals surface area contributed by atoms with E-state index in [1.54, 1.807) is 45.0 Å². The largest absolute Gasteiger partial charge is 0.476 e. The predicted octanol–water partition coefficient (Wildman–Crippen LogP) is 2.57. The summed E-state index contributed by atoms with van der Waals surface area (Å²) in [6.07, 6.45) is -0.870. The molecular formula is C15H20ClNO4. The summed E-state index contributed by atoms with van der Waals surface area (Å²) in [5, 5.41) is 3.16. The van der Waals surface area contributed by atoms with Crippen LogP contribution in [0.5, 0.6) is 5.75 Å². The van der Waals surface area contributed by atoms with Crippen LogP contribution in [0.1, 0.15) is 27.7 Å². The van der Waals surface area contributed by atoms with Gasteiger partial charge < -0.3 is 14.8 Å². The Labute approximate surface area is 129 Å². The molecule has 0 aliphatic heterocycles. The SMILES string of the molecule is CCNC(=O)[C@@H](C)OC(=O)C(C)(C)Oc1ccc(Cl)cc1. The molecule has 0 spiro atoms. The van der Waals surface area contributed by atoms with Crippen LogP contribution in [0, 0.1) is 0 Å². The summed E-state index contributed by atoms with van der Waals surface area (Å²) >= 11 is 5.79. The fourth-order valence-electron chi connectivity index (χ4n) is 1.51. The van der Waals surface area contributed by atoms with Crippen LogP contribution in [0.25, 0.3) is 0 Å². The number of benzene rings is 1. The van der Waals surface area contributed by atoms with Crippen LogP contribution in [-0.2, 0) is 14.3 Å². The first-order valence-electron chi connectivity index (χ1n) is 6.69. The molecular weight excluding hydrogens is 294 g/mol. The van der Waals surface area contributed by atoms with Crippen LogP contribution in [0.2, 0.25) is 5.02 Å².